The number of ether oxygens (including phenoxy) is 2. The van der Waals surface area contributed by atoms with Crippen LogP contribution >= 0.6 is 0 Å². The highest BCUT2D eigenvalue weighted by molar-refractivity contribution is 7.92. The number of rotatable bonds is 16. The summed E-state index contributed by atoms with van der Waals surface area (Å²) in [5.74, 6) is 0.919. The third-order valence-electron chi connectivity index (χ3n) is 8.05. The van der Waals surface area contributed by atoms with Gasteiger partial charge in [-0.25, -0.2) is 8.42 Å². The molecule has 0 heterocycles. The van der Waals surface area contributed by atoms with E-state index in [2.05, 4.69) is 5.32 Å². The summed E-state index contributed by atoms with van der Waals surface area (Å²) in [6.45, 7) is 2.71. The summed E-state index contributed by atoms with van der Waals surface area (Å²) in [6, 6.07) is 23.4. The van der Waals surface area contributed by atoms with Gasteiger partial charge < -0.3 is 19.7 Å². The van der Waals surface area contributed by atoms with Gasteiger partial charge in [0.25, 0.3) is 0 Å². The molecule has 1 aliphatic carbocycles. The van der Waals surface area contributed by atoms with Crippen LogP contribution in [0.25, 0.3) is 0 Å². The van der Waals surface area contributed by atoms with Crippen molar-refractivity contribution in [3.63, 3.8) is 0 Å². The molecule has 0 radical (unpaired) electrons. The number of nitrogens with one attached hydrogen (secondary N) is 1. The largest absolute Gasteiger partial charge is 0.497 e. The van der Waals surface area contributed by atoms with Crippen LogP contribution < -0.4 is 19.1 Å². The summed E-state index contributed by atoms with van der Waals surface area (Å²) in [5, 5.41) is 3.22. The van der Waals surface area contributed by atoms with E-state index in [1.54, 1.807) is 36.3 Å². The molecule has 242 valence electrons. The Bertz CT molecular complexity index is 1490. The summed E-state index contributed by atoms with van der Waals surface area (Å²) >= 11 is 0. The Balaban J connectivity index is 1.58. The molecule has 0 unspecified atom stereocenters. The topological polar surface area (TPSA) is 105 Å². The number of carbonyl (C=O) groups excluding carboxylic acids is 2. The molecule has 45 heavy (non-hydrogen) atoms. The molecule has 9 nitrogen and oxygen atoms in total. The van der Waals surface area contributed by atoms with Gasteiger partial charge in [0.2, 0.25) is 21.8 Å². The number of carbonyl (C=O) groups is 2. The zero-order chi connectivity index (χ0) is 32.2. The third kappa shape index (κ3) is 9.97. The molecule has 0 bridgehead atoms. The van der Waals surface area contributed by atoms with Gasteiger partial charge in [-0.3, -0.25) is 13.9 Å². The number of nitrogens with zero attached hydrogens (tertiary/aromatic N) is 2. The Kier molecular flexibility index (Phi) is 12.3. The molecule has 4 rings (SSSR count). The van der Waals surface area contributed by atoms with E-state index in [1.165, 1.54) is 4.31 Å². The van der Waals surface area contributed by atoms with Crippen LogP contribution in [0.15, 0.2) is 78.9 Å². The summed E-state index contributed by atoms with van der Waals surface area (Å²) in [7, 11) is -2.02. The van der Waals surface area contributed by atoms with Gasteiger partial charge in [0.05, 0.1) is 25.7 Å². The molecule has 0 spiro atoms. The average Bonchev–Trinajstić information content (AvgIpc) is 3.54. The minimum Gasteiger partial charge on any atom is -0.497 e. The van der Waals surface area contributed by atoms with Crippen LogP contribution in [0, 0.1) is 0 Å². The van der Waals surface area contributed by atoms with Crippen molar-refractivity contribution in [2.45, 2.75) is 70.5 Å². The number of benzene rings is 3. The summed E-state index contributed by atoms with van der Waals surface area (Å²) in [4.78, 5) is 29.6. The lowest BCUT2D eigenvalue weighted by molar-refractivity contribution is -0.141. The molecular formula is C35H45N3O6S. The predicted octanol–water partition coefficient (Wildman–Crippen LogP) is 5.34. The molecule has 0 aliphatic heterocycles. The molecule has 2 amide bonds. The van der Waals surface area contributed by atoms with Gasteiger partial charge in [0.15, 0.2) is 0 Å². The van der Waals surface area contributed by atoms with Crippen molar-refractivity contribution in [3.05, 3.63) is 90.0 Å². The molecule has 10 heteroatoms. The minimum atomic E-state index is -3.61. The third-order valence-corrected chi connectivity index (χ3v) is 9.24. The smallest absolute Gasteiger partial charge is 0.243 e. The van der Waals surface area contributed by atoms with Crippen LogP contribution in [0.1, 0.15) is 56.6 Å². The van der Waals surface area contributed by atoms with Gasteiger partial charge in [-0.15, -0.1) is 0 Å². The van der Waals surface area contributed by atoms with Crippen molar-refractivity contribution in [2.75, 3.05) is 30.8 Å². The fraction of sp³-hybridized carbons (Fsp3) is 0.429. The number of anilines is 1. The maximum atomic E-state index is 14.1. The molecular weight excluding hydrogens is 590 g/mol. The molecule has 1 fully saturated rings. The van der Waals surface area contributed by atoms with Crippen molar-refractivity contribution in [1.29, 1.82) is 0 Å². The number of amides is 2. The van der Waals surface area contributed by atoms with E-state index in [9.17, 15) is 18.0 Å². The lowest BCUT2D eigenvalue weighted by Crippen LogP contribution is -2.52. The van der Waals surface area contributed by atoms with Gasteiger partial charge >= 0.3 is 0 Å². The van der Waals surface area contributed by atoms with Gasteiger partial charge in [-0.05, 0) is 73.7 Å². The minimum absolute atomic E-state index is 0.0645. The van der Waals surface area contributed by atoms with E-state index in [0.717, 1.165) is 43.1 Å². The highest BCUT2D eigenvalue weighted by Gasteiger charge is 2.32. The van der Waals surface area contributed by atoms with Gasteiger partial charge in [-0.1, -0.05) is 55.3 Å². The highest BCUT2D eigenvalue weighted by Crippen LogP contribution is 2.24. The van der Waals surface area contributed by atoms with Crippen LogP contribution in [0.3, 0.4) is 0 Å². The van der Waals surface area contributed by atoms with Crippen molar-refractivity contribution in [2.24, 2.45) is 0 Å². The first-order chi connectivity index (χ1) is 21.7. The second-order valence-electron chi connectivity index (χ2n) is 11.4. The molecule has 3 aromatic carbocycles. The number of sulfonamides is 1. The molecule has 0 saturated heterocycles. The van der Waals surface area contributed by atoms with E-state index >= 15 is 0 Å². The molecule has 1 N–H and O–H groups in total. The van der Waals surface area contributed by atoms with Crippen LogP contribution in [0.2, 0.25) is 0 Å². The van der Waals surface area contributed by atoms with E-state index in [1.807, 2.05) is 61.5 Å². The first-order valence-corrected chi connectivity index (χ1v) is 17.5. The van der Waals surface area contributed by atoms with Crippen LogP contribution in [-0.4, -0.2) is 63.7 Å². The van der Waals surface area contributed by atoms with E-state index in [-0.39, 0.29) is 43.8 Å². The van der Waals surface area contributed by atoms with E-state index in [4.69, 9.17) is 9.47 Å². The summed E-state index contributed by atoms with van der Waals surface area (Å²) < 4.78 is 37.7. The monoisotopic (exact) mass is 635 g/mol. The predicted molar refractivity (Wildman–Crippen MR) is 177 cm³/mol. The van der Waals surface area contributed by atoms with Crippen LogP contribution in [0.4, 0.5) is 5.69 Å². The Morgan fingerprint density at radius 1 is 0.933 bits per heavy atom. The summed E-state index contributed by atoms with van der Waals surface area (Å²) in [6.07, 6.45) is 5.87. The lowest BCUT2D eigenvalue weighted by Gasteiger charge is -2.33. The fourth-order valence-electron chi connectivity index (χ4n) is 5.77. The number of hydrogen-bond acceptors (Lipinski definition) is 6. The molecule has 1 aliphatic rings. The van der Waals surface area contributed by atoms with E-state index < -0.39 is 16.1 Å². The maximum absolute atomic E-state index is 14.1. The molecule has 0 aromatic heterocycles. The molecule has 1 atom stereocenters. The number of hydrogen-bond donors (Lipinski definition) is 1. The normalized spacial score (nSPS) is 14.0. The van der Waals surface area contributed by atoms with Crippen molar-refractivity contribution in [1.82, 2.24) is 10.2 Å². The first kappa shape index (κ1) is 33.8. The first-order valence-electron chi connectivity index (χ1n) is 15.6. The lowest BCUT2D eigenvalue weighted by atomic mass is 10.0. The van der Waals surface area contributed by atoms with Crippen LogP contribution in [-0.2, 0) is 32.6 Å². The zero-order valence-corrected chi connectivity index (χ0v) is 27.3. The van der Waals surface area contributed by atoms with E-state index in [0.29, 0.717) is 30.2 Å². The van der Waals surface area contributed by atoms with Gasteiger partial charge in [0, 0.05) is 32.0 Å². The van der Waals surface area contributed by atoms with Crippen molar-refractivity contribution in [3.8, 4) is 11.5 Å². The SMILES string of the molecule is CCOc1ccc(N(CCCC(=O)N(Cc2cccc(OC)c2)[C@@H](Cc2ccccc2)C(=O)NC2CCCC2)S(C)(=O)=O)cc1. The second-order valence-corrected chi connectivity index (χ2v) is 13.3. The van der Waals surface area contributed by atoms with Crippen molar-refractivity contribution < 1.29 is 27.5 Å². The Morgan fingerprint density at radius 2 is 1.62 bits per heavy atom. The fourth-order valence-corrected chi connectivity index (χ4v) is 6.73. The van der Waals surface area contributed by atoms with Gasteiger partial charge in [-0.2, -0.15) is 0 Å². The van der Waals surface area contributed by atoms with Crippen molar-refractivity contribution >= 4 is 27.5 Å². The molecule has 3 aromatic rings. The summed E-state index contributed by atoms with van der Waals surface area (Å²) in [5.41, 5.74) is 2.28. The zero-order valence-electron chi connectivity index (χ0n) is 26.5. The Morgan fingerprint density at radius 3 is 2.27 bits per heavy atom. The number of methoxy groups -OCH3 is 1. The standard InChI is InChI=1S/C35H45N3O6S/c1-4-44-31-21-19-30(20-22-31)38(45(3,41)42)23-11-18-34(39)37(26-28-14-10-17-32(24-28)43-2)33(25-27-12-6-5-7-13-27)35(40)36-29-15-8-9-16-29/h5-7,10,12-14,17,19-22,24,29,33H,4,8-9,11,15-16,18,23,25-26H2,1-3H3,(H,36,40)/t33-/m0/s1. The van der Waals surface area contributed by atoms with Gasteiger partial charge in [0.1, 0.15) is 17.5 Å². The average molecular weight is 636 g/mol. The maximum Gasteiger partial charge on any atom is 0.243 e. The second kappa shape index (κ2) is 16.3. The molecule has 1 saturated carbocycles. The Labute approximate surface area is 267 Å². The highest BCUT2D eigenvalue weighted by atomic mass is 32.2. The quantitative estimate of drug-likeness (QED) is 0.228. The Hall–Kier alpha value is -4.05. The van der Waals surface area contributed by atoms with Crippen LogP contribution in [0.5, 0.6) is 11.5 Å².